The van der Waals surface area contributed by atoms with Crippen LogP contribution in [0.2, 0.25) is 0 Å². The molecule has 1 aliphatic heterocycles. The zero-order valence-corrected chi connectivity index (χ0v) is 11.1. The molecular weight excluding hydrogens is 275 g/mol. The summed E-state index contributed by atoms with van der Waals surface area (Å²) < 4.78 is 1.07. The van der Waals surface area contributed by atoms with Crippen molar-refractivity contribution >= 4 is 33.3 Å². The first-order valence-electron chi connectivity index (χ1n) is 5.13. The van der Waals surface area contributed by atoms with Gasteiger partial charge in [0.1, 0.15) is 5.82 Å². The molecule has 0 aliphatic carbocycles. The Morgan fingerprint density at radius 2 is 2.47 bits per heavy atom. The van der Waals surface area contributed by atoms with Crippen LogP contribution < -0.4 is 4.90 Å². The monoisotopic (exact) mass is 288 g/mol. The number of anilines is 1. The van der Waals surface area contributed by atoms with Crippen LogP contribution in [0.1, 0.15) is 12.0 Å². The van der Waals surface area contributed by atoms with Gasteiger partial charge in [0, 0.05) is 29.6 Å². The highest BCUT2D eigenvalue weighted by molar-refractivity contribution is 9.10. The second-order valence-corrected chi connectivity index (χ2v) is 5.21. The number of nitrogens with zero attached hydrogens (tertiary/aromatic N) is 2. The first-order valence-corrected chi connectivity index (χ1v) is 6.46. The average Bonchev–Trinajstić information content (AvgIpc) is 2.70. The van der Waals surface area contributed by atoms with Crippen LogP contribution in [-0.4, -0.2) is 24.0 Å². The fraction of sp³-hybridized carbons (Fsp3) is 0.545. The molecule has 0 radical (unpaired) electrons. The van der Waals surface area contributed by atoms with Crippen molar-refractivity contribution in [3.05, 3.63) is 22.3 Å². The van der Waals surface area contributed by atoms with Crippen LogP contribution in [0.5, 0.6) is 0 Å². The molecule has 1 atom stereocenters. The van der Waals surface area contributed by atoms with Gasteiger partial charge in [-0.2, -0.15) is 0 Å². The highest BCUT2D eigenvalue weighted by atomic mass is 79.9. The molecule has 0 bridgehead atoms. The Balaban J connectivity index is 2.13. The van der Waals surface area contributed by atoms with E-state index in [4.69, 9.17) is 11.6 Å². The summed E-state index contributed by atoms with van der Waals surface area (Å²) >= 11 is 9.32. The molecule has 4 heteroatoms. The molecule has 15 heavy (non-hydrogen) atoms. The summed E-state index contributed by atoms with van der Waals surface area (Å²) in [6.45, 7) is 4.20. The van der Waals surface area contributed by atoms with Gasteiger partial charge in [0.2, 0.25) is 0 Å². The van der Waals surface area contributed by atoms with Gasteiger partial charge in [-0.05, 0) is 46.8 Å². The van der Waals surface area contributed by atoms with Crippen molar-refractivity contribution in [3.63, 3.8) is 0 Å². The Labute approximate surface area is 104 Å². The normalized spacial score (nSPS) is 21.0. The van der Waals surface area contributed by atoms with E-state index in [-0.39, 0.29) is 0 Å². The Hall–Kier alpha value is -0.280. The van der Waals surface area contributed by atoms with Gasteiger partial charge in [0.25, 0.3) is 0 Å². The molecule has 0 amide bonds. The highest BCUT2D eigenvalue weighted by Crippen LogP contribution is 2.25. The van der Waals surface area contributed by atoms with Crippen LogP contribution >= 0.6 is 27.5 Å². The Morgan fingerprint density at radius 3 is 3.07 bits per heavy atom. The first-order chi connectivity index (χ1) is 7.20. The van der Waals surface area contributed by atoms with Crippen molar-refractivity contribution in [2.45, 2.75) is 13.3 Å². The predicted molar refractivity (Wildman–Crippen MR) is 67.7 cm³/mol. The van der Waals surface area contributed by atoms with Crippen LogP contribution in [0.3, 0.4) is 0 Å². The second-order valence-electron chi connectivity index (χ2n) is 4.05. The van der Waals surface area contributed by atoms with E-state index >= 15 is 0 Å². The van der Waals surface area contributed by atoms with Crippen LogP contribution in [0.15, 0.2) is 16.7 Å². The topological polar surface area (TPSA) is 16.1 Å². The number of aryl methyl sites for hydroxylation is 1. The Bertz CT molecular complexity index is 356. The lowest BCUT2D eigenvalue weighted by Crippen LogP contribution is -2.21. The predicted octanol–water partition coefficient (Wildman–Crippen LogP) is 3.22. The number of hydrogen-bond donors (Lipinski definition) is 0. The molecule has 0 N–H and O–H groups in total. The maximum Gasteiger partial charge on any atom is 0.128 e. The zero-order chi connectivity index (χ0) is 10.8. The molecule has 1 fully saturated rings. The van der Waals surface area contributed by atoms with Crippen molar-refractivity contribution < 1.29 is 0 Å². The van der Waals surface area contributed by atoms with Gasteiger partial charge >= 0.3 is 0 Å². The number of hydrogen-bond acceptors (Lipinski definition) is 2. The van der Waals surface area contributed by atoms with Crippen molar-refractivity contribution in [3.8, 4) is 0 Å². The number of aromatic nitrogens is 1. The second kappa shape index (κ2) is 4.71. The molecule has 0 spiro atoms. The summed E-state index contributed by atoms with van der Waals surface area (Å²) in [6, 6.07) is 2.13. The third-order valence-corrected chi connectivity index (χ3v) is 4.13. The molecule has 2 heterocycles. The van der Waals surface area contributed by atoms with Crippen molar-refractivity contribution in [1.82, 2.24) is 4.98 Å². The minimum Gasteiger partial charge on any atom is -0.356 e. The van der Waals surface area contributed by atoms with Crippen molar-refractivity contribution in [1.29, 1.82) is 0 Å². The molecule has 1 aliphatic rings. The summed E-state index contributed by atoms with van der Waals surface area (Å²) in [4.78, 5) is 6.74. The minimum atomic E-state index is 0.623. The summed E-state index contributed by atoms with van der Waals surface area (Å²) in [6.07, 6.45) is 3.05. The maximum atomic E-state index is 5.86. The molecule has 1 aromatic heterocycles. The molecule has 82 valence electrons. The maximum absolute atomic E-state index is 5.86. The molecule has 0 aromatic carbocycles. The van der Waals surface area contributed by atoms with Crippen molar-refractivity contribution in [2.75, 3.05) is 23.9 Å². The number of alkyl halides is 1. The van der Waals surface area contributed by atoms with Gasteiger partial charge in [0.05, 0.1) is 0 Å². The summed E-state index contributed by atoms with van der Waals surface area (Å²) in [7, 11) is 0. The lowest BCUT2D eigenvalue weighted by Gasteiger charge is -2.17. The number of halogens is 2. The molecule has 2 rings (SSSR count). The smallest absolute Gasteiger partial charge is 0.128 e. The van der Waals surface area contributed by atoms with E-state index in [1.807, 2.05) is 6.20 Å². The van der Waals surface area contributed by atoms with E-state index in [9.17, 15) is 0 Å². The van der Waals surface area contributed by atoms with Gasteiger partial charge in [-0.3, -0.25) is 0 Å². The van der Waals surface area contributed by atoms with Crippen LogP contribution in [0.25, 0.3) is 0 Å². The van der Waals surface area contributed by atoms with Gasteiger partial charge < -0.3 is 4.90 Å². The standard InChI is InChI=1S/C11H14BrClN2/c1-8-4-11(14-6-10(8)12)15-3-2-9(5-13)7-15/h4,6,9H,2-3,5,7H2,1H3. The molecule has 1 saturated heterocycles. The third kappa shape index (κ3) is 2.45. The summed E-state index contributed by atoms with van der Waals surface area (Å²) in [5, 5.41) is 0. The molecular formula is C11H14BrClN2. The third-order valence-electron chi connectivity index (χ3n) is 2.86. The fourth-order valence-corrected chi connectivity index (χ4v) is 2.33. The number of rotatable bonds is 2. The van der Waals surface area contributed by atoms with Gasteiger partial charge in [-0.15, -0.1) is 11.6 Å². The van der Waals surface area contributed by atoms with E-state index in [0.29, 0.717) is 5.92 Å². The van der Waals surface area contributed by atoms with E-state index in [1.165, 1.54) is 12.0 Å². The summed E-state index contributed by atoms with van der Waals surface area (Å²) in [5.74, 6) is 2.45. The lowest BCUT2D eigenvalue weighted by molar-refractivity contribution is 0.666. The van der Waals surface area contributed by atoms with E-state index in [1.54, 1.807) is 0 Å². The van der Waals surface area contributed by atoms with Gasteiger partial charge in [0.15, 0.2) is 0 Å². The summed E-state index contributed by atoms with van der Waals surface area (Å²) in [5.41, 5.74) is 1.23. The molecule has 1 unspecified atom stereocenters. The van der Waals surface area contributed by atoms with Crippen LogP contribution in [0, 0.1) is 12.8 Å². The SMILES string of the molecule is Cc1cc(N2CCC(CCl)C2)ncc1Br. The van der Waals surface area contributed by atoms with E-state index < -0.39 is 0 Å². The average molecular weight is 290 g/mol. The quantitative estimate of drug-likeness (QED) is 0.777. The van der Waals surface area contributed by atoms with E-state index in [2.05, 4.69) is 38.8 Å². The molecule has 1 aromatic rings. The van der Waals surface area contributed by atoms with E-state index in [0.717, 1.165) is 29.3 Å². The van der Waals surface area contributed by atoms with Gasteiger partial charge in [-0.25, -0.2) is 4.98 Å². The highest BCUT2D eigenvalue weighted by Gasteiger charge is 2.22. The first kappa shape index (κ1) is 11.2. The van der Waals surface area contributed by atoms with Gasteiger partial charge in [-0.1, -0.05) is 0 Å². The Kier molecular flexibility index (Phi) is 3.52. The fourth-order valence-electron chi connectivity index (χ4n) is 1.86. The zero-order valence-electron chi connectivity index (χ0n) is 8.71. The lowest BCUT2D eigenvalue weighted by atomic mass is 10.2. The van der Waals surface area contributed by atoms with Crippen LogP contribution in [-0.2, 0) is 0 Å². The molecule has 0 saturated carbocycles. The molecule has 2 nitrogen and oxygen atoms in total. The largest absolute Gasteiger partial charge is 0.356 e. The van der Waals surface area contributed by atoms with Crippen molar-refractivity contribution in [2.24, 2.45) is 5.92 Å². The minimum absolute atomic E-state index is 0.623. The Morgan fingerprint density at radius 1 is 1.67 bits per heavy atom. The van der Waals surface area contributed by atoms with Crippen LogP contribution in [0.4, 0.5) is 5.82 Å². The number of pyridine rings is 1.